The highest BCUT2D eigenvalue weighted by atomic mass is 16.2. The molecule has 1 N–H and O–H groups in total. The smallest absolute Gasteiger partial charge is 0.237 e. The van der Waals surface area contributed by atoms with Crippen LogP contribution in [0.3, 0.4) is 0 Å². The molecule has 4 nitrogen and oxygen atoms in total. The number of nitrogens with one attached hydrogen (secondary N) is 1. The molecule has 0 radical (unpaired) electrons. The summed E-state index contributed by atoms with van der Waals surface area (Å²) >= 11 is 0. The summed E-state index contributed by atoms with van der Waals surface area (Å²) in [6.07, 6.45) is 8.41. The Morgan fingerprint density at radius 3 is 2.56 bits per heavy atom. The largest absolute Gasteiger partial charge is 0.345 e. The molecule has 4 heteroatoms. The Bertz CT molecular complexity index is 701. The molecule has 0 bridgehead atoms. The molecule has 2 aromatic rings. The Labute approximate surface area is 163 Å². The van der Waals surface area contributed by atoms with Crippen molar-refractivity contribution in [1.29, 1.82) is 0 Å². The number of carbonyl (C=O) groups excluding carboxylic acids is 1. The third-order valence-corrected chi connectivity index (χ3v) is 5.54. The van der Waals surface area contributed by atoms with Crippen LogP contribution in [-0.4, -0.2) is 34.0 Å². The van der Waals surface area contributed by atoms with Gasteiger partial charge in [0.05, 0.1) is 13.1 Å². The van der Waals surface area contributed by atoms with Crippen LogP contribution in [0.4, 0.5) is 0 Å². The van der Waals surface area contributed by atoms with Crippen LogP contribution < -0.4 is 5.32 Å². The lowest BCUT2D eigenvalue weighted by Gasteiger charge is -2.29. The molecule has 1 fully saturated rings. The number of carbonyl (C=O) groups is 1. The standard InChI is InChI=1S/C23H33N3O/c1-19(2)26(23(27)16-24-21-12-7-4-8-13-21)18-22-14-9-15-25(22)17-20-10-5-3-6-11-20/h3,5-6,9-11,14-15,19,21,24H,4,7-8,12-13,16-18H2,1-2H3. The molecule has 0 atom stereocenters. The van der Waals surface area contributed by atoms with Crippen molar-refractivity contribution in [1.82, 2.24) is 14.8 Å². The molecule has 1 aromatic carbocycles. The fourth-order valence-electron chi connectivity index (χ4n) is 3.90. The zero-order valence-electron chi connectivity index (χ0n) is 16.7. The van der Waals surface area contributed by atoms with Crippen molar-refractivity contribution >= 4 is 5.91 Å². The summed E-state index contributed by atoms with van der Waals surface area (Å²) in [5.41, 5.74) is 2.45. The van der Waals surface area contributed by atoms with Crippen molar-refractivity contribution < 1.29 is 4.79 Å². The van der Waals surface area contributed by atoms with Crippen molar-refractivity contribution in [3.8, 4) is 0 Å². The molecular formula is C23H33N3O. The molecule has 1 saturated carbocycles. The van der Waals surface area contributed by atoms with Crippen LogP contribution in [0.2, 0.25) is 0 Å². The average molecular weight is 368 g/mol. The highest BCUT2D eigenvalue weighted by Gasteiger charge is 2.20. The van der Waals surface area contributed by atoms with Crippen molar-refractivity contribution in [2.75, 3.05) is 6.54 Å². The van der Waals surface area contributed by atoms with Crippen LogP contribution in [0.1, 0.15) is 57.2 Å². The predicted molar refractivity (Wildman–Crippen MR) is 111 cm³/mol. The van der Waals surface area contributed by atoms with Gasteiger partial charge in [-0.25, -0.2) is 0 Å². The topological polar surface area (TPSA) is 37.3 Å². The van der Waals surface area contributed by atoms with Crippen molar-refractivity contribution in [3.05, 3.63) is 59.9 Å². The molecule has 1 aromatic heterocycles. The van der Waals surface area contributed by atoms with Gasteiger partial charge >= 0.3 is 0 Å². The molecule has 1 aliphatic carbocycles. The van der Waals surface area contributed by atoms with Gasteiger partial charge in [-0.3, -0.25) is 4.79 Å². The molecule has 0 aliphatic heterocycles. The van der Waals surface area contributed by atoms with E-state index in [1.54, 1.807) is 0 Å². The highest BCUT2D eigenvalue weighted by molar-refractivity contribution is 5.78. The van der Waals surface area contributed by atoms with Gasteiger partial charge in [-0.15, -0.1) is 0 Å². The SMILES string of the molecule is CC(C)N(Cc1cccn1Cc1ccccc1)C(=O)CNC1CCCCC1. The minimum atomic E-state index is 0.186. The third-order valence-electron chi connectivity index (χ3n) is 5.54. The van der Waals surface area contributed by atoms with E-state index < -0.39 is 0 Å². The highest BCUT2D eigenvalue weighted by Crippen LogP contribution is 2.17. The molecule has 1 aliphatic rings. The Kier molecular flexibility index (Phi) is 7.11. The van der Waals surface area contributed by atoms with Crippen LogP contribution in [0, 0.1) is 0 Å². The lowest BCUT2D eigenvalue weighted by atomic mass is 9.95. The Morgan fingerprint density at radius 1 is 1.11 bits per heavy atom. The van der Waals surface area contributed by atoms with Gasteiger partial charge < -0.3 is 14.8 Å². The normalized spacial score (nSPS) is 15.2. The number of benzene rings is 1. The number of amides is 1. The number of aromatic nitrogens is 1. The zero-order valence-corrected chi connectivity index (χ0v) is 16.7. The fourth-order valence-corrected chi connectivity index (χ4v) is 3.90. The summed E-state index contributed by atoms with van der Waals surface area (Å²) in [4.78, 5) is 14.9. The van der Waals surface area contributed by atoms with Gasteiger partial charge in [0.15, 0.2) is 0 Å². The van der Waals surface area contributed by atoms with Crippen LogP contribution in [0.25, 0.3) is 0 Å². The van der Waals surface area contributed by atoms with E-state index in [0.717, 1.165) is 6.54 Å². The molecule has 0 unspecified atom stereocenters. The van der Waals surface area contributed by atoms with E-state index in [0.29, 0.717) is 19.1 Å². The second-order valence-corrected chi connectivity index (χ2v) is 7.94. The third kappa shape index (κ3) is 5.70. The first-order valence-electron chi connectivity index (χ1n) is 10.3. The van der Waals surface area contributed by atoms with Gasteiger partial charge in [-0.1, -0.05) is 49.6 Å². The summed E-state index contributed by atoms with van der Waals surface area (Å²) in [6, 6.07) is 15.4. The Hall–Kier alpha value is -2.07. The van der Waals surface area contributed by atoms with Crippen molar-refractivity contribution in [2.24, 2.45) is 0 Å². The van der Waals surface area contributed by atoms with Gasteiger partial charge in [0.25, 0.3) is 0 Å². The lowest BCUT2D eigenvalue weighted by Crippen LogP contribution is -2.45. The quantitative estimate of drug-likeness (QED) is 0.759. The molecular weight excluding hydrogens is 334 g/mol. The first-order chi connectivity index (χ1) is 13.1. The van der Waals surface area contributed by atoms with E-state index in [4.69, 9.17) is 0 Å². The molecule has 1 heterocycles. The fraction of sp³-hybridized carbons (Fsp3) is 0.522. The van der Waals surface area contributed by atoms with E-state index in [1.165, 1.54) is 43.4 Å². The van der Waals surface area contributed by atoms with E-state index >= 15 is 0 Å². The monoisotopic (exact) mass is 367 g/mol. The molecule has 27 heavy (non-hydrogen) atoms. The predicted octanol–water partition coefficient (Wildman–Crippen LogP) is 4.20. The van der Waals surface area contributed by atoms with E-state index in [2.05, 4.69) is 66.3 Å². The maximum atomic E-state index is 12.9. The average Bonchev–Trinajstić information content (AvgIpc) is 3.12. The number of hydrogen-bond donors (Lipinski definition) is 1. The van der Waals surface area contributed by atoms with Gasteiger partial charge in [0.1, 0.15) is 0 Å². The Balaban J connectivity index is 1.60. The second-order valence-electron chi connectivity index (χ2n) is 7.94. The van der Waals surface area contributed by atoms with Gasteiger partial charge in [-0.05, 0) is 44.4 Å². The maximum absolute atomic E-state index is 12.9. The van der Waals surface area contributed by atoms with E-state index in [1.807, 2.05) is 11.0 Å². The Morgan fingerprint density at radius 2 is 1.85 bits per heavy atom. The molecule has 3 rings (SSSR count). The number of rotatable bonds is 8. The second kappa shape index (κ2) is 9.75. The maximum Gasteiger partial charge on any atom is 0.237 e. The van der Waals surface area contributed by atoms with Crippen LogP contribution in [-0.2, 0) is 17.9 Å². The van der Waals surface area contributed by atoms with Crippen LogP contribution in [0.15, 0.2) is 48.7 Å². The first kappa shape index (κ1) is 19.7. The number of hydrogen-bond acceptors (Lipinski definition) is 2. The number of nitrogens with zero attached hydrogens (tertiary/aromatic N) is 2. The minimum Gasteiger partial charge on any atom is -0.345 e. The summed E-state index contributed by atoms with van der Waals surface area (Å²) in [5.74, 6) is 0.197. The van der Waals surface area contributed by atoms with Gasteiger partial charge in [0, 0.05) is 30.5 Å². The van der Waals surface area contributed by atoms with Crippen molar-refractivity contribution in [2.45, 2.75) is 71.1 Å². The summed E-state index contributed by atoms with van der Waals surface area (Å²) in [6.45, 7) is 6.14. The summed E-state index contributed by atoms with van der Waals surface area (Å²) in [5, 5.41) is 3.49. The minimum absolute atomic E-state index is 0.186. The summed E-state index contributed by atoms with van der Waals surface area (Å²) in [7, 11) is 0. The molecule has 0 saturated heterocycles. The zero-order chi connectivity index (χ0) is 19.1. The van der Waals surface area contributed by atoms with E-state index in [-0.39, 0.29) is 11.9 Å². The van der Waals surface area contributed by atoms with Gasteiger partial charge in [0.2, 0.25) is 5.91 Å². The molecule has 146 valence electrons. The van der Waals surface area contributed by atoms with Gasteiger partial charge in [-0.2, -0.15) is 0 Å². The van der Waals surface area contributed by atoms with Crippen molar-refractivity contribution in [3.63, 3.8) is 0 Å². The molecule has 0 spiro atoms. The first-order valence-corrected chi connectivity index (χ1v) is 10.3. The van der Waals surface area contributed by atoms with Crippen LogP contribution >= 0.6 is 0 Å². The van der Waals surface area contributed by atoms with E-state index in [9.17, 15) is 4.79 Å². The van der Waals surface area contributed by atoms with Crippen LogP contribution in [0.5, 0.6) is 0 Å². The summed E-state index contributed by atoms with van der Waals surface area (Å²) < 4.78 is 2.24. The lowest BCUT2D eigenvalue weighted by molar-refractivity contribution is -0.132. The molecule has 1 amide bonds.